The molecule has 1 aromatic rings. The van der Waals surface area contributed by atoms with Gasteiger partial charge >= 0.3 is 0 Å². The molecule has 7 nitrogen and oxygen atoms in total. The number of nitrogens with one attached hydrogen (secondary N) is 3. The molecule has 0 aromatic heterocycles. The molecule has 1 aliphatic heterocycles. The molecule has 31 heavy (non-hydrogen) atoms. The van der Waals surface area contributed by atoms with Gasteiger partial charge in [0.2, 0.25) is 5.91 Å². The minimum absolute atomic E-state index is 0.131. The standard InChI is InChI=1S/C24H39N5O2/c1-2-25-24(26-13-12-23(30)28-22-10-4-3-5-11-22)27-18-20-8-6-7-9-21(20)19-29-14-16-31-17-15-29/h6-9,22H,2-5,10-19H2,1H3,(H,28,30)(H2,25,26,27). The van der Waals surface area contributed by atoms with Crippen molar-refractivity contribution in [2.45, 2.75) is 64.6 Å². The van der Waals surface area contributed by atoms with Gasteiger partial charge in [0.05, 0.1) is 19.8 Å². The van der Waals surface area contributed by atoms with Gasteiger partial charge in [-0.25, -0.2) is 4.99 Å². The molecule has 0 spiro atoms. The van der Waals surface area contributed by atoms with E-state index in [1.807, 2.05) is 0 Å². The Labute approximate surface area is 187 Å². The van der Waals surface area contributed by atoms with Gasteiger partial charge in [0.1, 0.15) is 0 Å². The number of hydrogen-bond acceptors (Lipinski definition) is 4. The smallest absolute Gasteiger partial charge is 0.221 e. The van der Waals surface area contributed by atoms with E-state index in [4.69, 9.17) is 9.73 Å². The van der Waals surface area contributed by atoms with Gasteiger partial charge in [0, 0.05) is 45.2 Å². The predicted molar refractivity (Wildman–Crippen MR) is 125 cm³/mol. The van der Waals surface area contributed by atoms with Crippen LogP contribution in [0.4, 0.5) is 0 Å². The lowest BCUT2D eigenvalue weighted by Crippen LogP contribution is -2.41. The van der Waals surface area contributed by atoms with E-state index in [9.17, 15) is 4.79 Å². The number of nitrogens with zero attached hydrogens (tertiary/aromatic N) is 2. The van der Waals surface area contributed by atoms with E-state index in [-0.39, 0.29) is 5.91 Å². The third kappa shape index (κ3) is 8.50. The molecule has 2 fully saturated rings. The van der Waals surface area contributed by atoms with Crippen LogP contribution in [-0.2, 0) is 22.6 Å². The van der Waals surface area contributed by atoms with Crippen LogP contribution in [0.1, 0.15) is 56.6 Å². The van der Waals surface area contributed by atoms with Crippen molar-refractivity contribution in [1.82, 2.24) is 20.9 Å². The number of carbonyl (C=O) groups excluding carboxylic acids is 1. The van der Waals surface area contributed by atoms with Gasteiger partial charge in [0.25, 0.3) is 0 Å². The lowest BCUT2D eigenvalue weighted by Gasteiger charge is -2.27. The van der Waals surface area contributed by atoms with Crippen LogP contribution in [0.15, 0.2) is 29.3 Å². The van der Waals surface area contributed by atoms with E-state index in [0.29, 0.717) is 25.6 Å². The van der Waals surface area contributed by atoms with Crippen molar-refractivity contribution < 1.29 is 9.53 Å². The van der Waals surface area contributed by atoms with Crippen molar-refractivity contribution in [2.75, 3.05) is 39.4 Å². The summed E-state index contributed by atoms with van der Waals surface area (Å²) in [5.41, 5.74) is 2.55. The minimum atomic E-state index is 0.131. The fourth-order valence-corrected chi connectivity index (χ4v) is 4.21. The fraction of sp³-hybridized carbons (Fsp3) is 0.667. The first-order valence-electron chi connectivity index (χ1n) is 11.9. The number of benzene rings is 1. The summed E-state index contributed by atoms with van der Waals surface area (Å²) in [6.07, 6.45) is 6.46. The Hall–Kier alpha value is -2.12. The van der Waals surface area contributed by atoms with Gasteiger partial charge in [-0.1, -0.05) is 43.5 Å². The molecule has 1 saturated carbocycles. The van der Waals surface area contributed by atoms with Crippen LogP contribution in [0.5, 0.6) is 0 Å². The van der Waals surface area contributed by atoms with Gasteiger partial charge in [0.15, 0.2) is 5.96 Å². The molecule has 0 radical (unpaired) electrons. The van der Waals surface area contributed by atoms with E-state index >= 15 is 0 Å². The minimum Gasteiger partial charge on any atom is -0.379 e. The van der Waals surface area contributed by atoms with Gasteiger partial charge in [-0.2, -0.15) is 0 Å². The summed E-state index contributed by atoms with van der Waals surface area (Å²) >= 11 is 0. The van der Waals surface area contributed by atoms with Crippen molar-refractivity contribution in [2.24, 2.45) is 4.99 Å². The van der Waals surface area contributed by atoms with Crippen molar-refractivity contribution in [3.63, 3.8) is 0 Å². The normalized spacial score (nSPS) is 18.5. The van der Waals surface area contributed by atoms with E-state index in [1.165, 1.54) is 30.4 Å². The number of carbonyl (C=O) groups is 1. The van der Waals surface area contributed by atoms with Crippen LogP contribution in [0.25, 0.3) is 0 Å². The summed E-state index contributed by atoms with van der Waals surface area (Å²) in [7, 11) is 0. The fourth-order valence-electron chi connectivity index (χ4n) is 4.21. The largest absolute Gasteiger partial charge is 0.379 e. The zero-order valence-corrected chi connectivity index (χ0v) is 19.0. The maximum Gasteiger partial charge on any atom is 0.221 e. The van der Waals surface area contributed by atoms with Crippen molar-refractivity contribution in [3.8, 4) is 0 Å². The number of amides is 1. The zero-order chi connectivity index (χ0) is 21.7. The molecule has 0 bridgehead atoms. The molecule has 1 amide bonds. The van der Waals surface area contributed by atoms with Gasteiger partial charge in [-0.3, -0.25) is 9.69 Å². The summed E-state index contributed by atoms with van der Waals surface area (Å²) in [5.74, 6) is 0.889. The molecular weight excluding hydrogens is 390 g/mol. The molecule has 1 aliphatic carbocycles. The monoisotopic (exact) mass is 429 g/mol. The first-order chi connectivity index (χ1) is 15.2. The Balaban J connectivity index is 1.48. The van der Waals surface area contributed by atoms with Crippen LogP contribution < -0.4 is 16.0 Å². The maximum atomic E-state index is 12.2. The molecule has 3 N–H and O–H groups in total. The third-order valence-electron chi connectivity index (χ3n) is 5.98. The third-order valence-corrected chi connectivity index (χ3v) is 5.98. The van der Waals surface area contributed by atoms with Gasteiger partial charge < -0.3 is 20.7 Å². The average Bonchev–Trinajstić information content (AvgIpc) is 2.80. The zero-order valence-electron chi connectivity index (χ0n) is 19.0. The van der Waals surface area contributed by atoms with Crippen molar-refractivity contribution in [1.29, 1.82) is 0 Å². The Bertz CT molecular complexity index is 697. The van der Waals surface area contributed by atoms with E-state index in [0.717, 1.165) is 58.2 Å². The molecule has 0 atom stereocenters. The number of hydrogen-bond donors (Lipinski definition) is 3. The van der Waals surface area contributed by atoms with Crippen molar-refractivity contribution in [3.05, 3.63) is 35.4 Å². The first-order valence-corrected chi connectivity index (χ1v) is 11.9. The molecular formula is C24H39N5O2. The van der Waals surface area contributed by atoms with Crippen LogP contribution >= 0.6 is 0 Å². The highest BCUT2D eigenvalue weighted by Crippen LogP contribution is 2.17. The maximum absolute atomic E-state index is 12.2. The topological polar surface area (TPSA) is 78.0 Å². The molecule has 3 rings (SSSR count). The Morgan fingerprint density at radius 2 is 1.84 bits per heavy atom. The first kappa shape index (κ1) is 23.5. The van der Waals surface area contributed by atoms with Crippen LogP contribution in [-0.4, -0.2) is 62.2 Å². The predicted octanol–water partition coefficient (Wildman–Crippen LogP) is 2.41. The van der Waals surface area contributed by atoms with Crippen LogP contribution in [0.2, 0.25) is 0 Å². The highest BCUT2D eigenvalue weighted by Gasteiger charge is 2.15. The SMILES string of the molecule is CCNC(=NCc1ccccc1CN1CCOCC1)NCCC(=O)NC1CCCCC1. The number of morpholine rings is 1. The molecule has 2 aliphatic rings. The van der Waals surface area contributed by atoms with Crippen molar-refractivity contribution >= 4 is 11.9 Å². The van der Waals surface area contributed by atoms with E-state index in [2.05, 4.69) is 52.0 Å². The molecule has 1 saturated heterocycles. The summed E-state index contributed by atoms with van der Waals surface area (Å²) in [6, 6.07) is 8.88. The summed E-state index contributed by atoms with van der Waals surface area (Å²) in [4.78, 5) is 19.4. The number of ether oxygens (including phenoxy) is 1. The van der Waals surface area contributed by atoms with Gasteiger partial charge in [-0.15, -0.1) is 0 Å². The second kappa shape index (κ2) is 13.3. The quantitative estimate of drug-likeness (QED) is 0.415. The summed E-state index contributed by atoms with van der Waals surface area (Å²) in [6.45, 7) is 8.54. The molecule has 0 unspecified atom stereocenters. The lowest BCUT2D eigenvalue weighted by atomic mass is 9.95. The average molecular weight is 430 g/mol. The summed E-state index contributed by atoms with van der Waals surface area (Å²) < 4.78 is 5.46. The number of rotatable bonds is 9. The second-order valence-electron chi connectivity index (χ2n) is 8.43. The highest BCUT2D eigenvalue weighted by molar-refractivity contribution is 5.81. The van der Waals surface area contributed by atoms with E-state index < -0.39 is 0 Å². The van der Waals surface area contributed by atoms with Crippen LogP contribution in [0, 0.1) is 0 Å². The molecule has 1 heterocycles. The number of guanidine groups is 1. The molecule has 1 aromatic carbocycles. The lowest BCUT2D eigenvalue weighted by molar-refractivity contribution is -0.121. The molecule has 7 heteroatoms. The molecule has 172 valence electrons. The summed E-state index contributed by atoms with van der Waals surface area (Å²) in [5, 5.41) is 9.78. The number of aliphatic imine (C=N–C) groups is 1. The highest BCUT2D eigenvalue weighted by atomic mass is 16.5. The Morgan fingerprint density at radius 1 is 1.10 bits per heavy atom. The van der Waals surface area contributed by atoms with Gasteiger partial charge in [-0.05, 0) is 30.9 Å². The van der Waals surface area contributed by atoms with E-state index in [1.54, 1.807) is 0 Å². The second-order valence-corrected chi connectivity index (χ2v) is 8.43. The Morgan fingerprint density at radius 3 is 2.58 bits per heavy atom. The van der Waals surface area contributed by atoms with Crippen LogP contribution in [0.3, 0.4) is 0 Å². The Kier molecular flexibility index (Phi) is 10.1.